The van der Waals surface area contributed by atoms with Gasteiger partial charge < -0.3 is 13.9 Å². The Morgan fingerprint density at radius 2 is 1.82 bits per heavy atom. The highest BCUT2D eigenvalue weighted by Gasteiger charge is 2.28. The molecule has 0 amide bonds. The zero-order chi connectivity index (χ0) is 20.4. The first-order valence-electron chi connectivity index (χ1n) is 8.54. The zero-order valence-electron chi connectivity index (χ0n) is 15.5. The minimum Gasteiger partial charge on any atom is -0.494 e. The molecule has 0 radical (unpaired) electrons. The predicted octanol–water partition coefficient (Wildman–Crippen LogP) is 5.55. The molecule has 0 saturated heterocycles. The van der Waals surface area contributed by atoms with Gasteiger partial charge in [-0.25, -0.2) is 0 Å². The van der Waals surface area contributed by atoms with Gasteiger partial charge in [-0.1, -0.05) is 37.3 Å². The van der Waals surface area contributed by atoms with Crippen molar-refractivity contribution in [2.24, 2.45) is 5.92 Å². The van der Waals surface area contributed by atoms with Gasteiger partial charge in [0.25, 0.3) is 0 Å². The van der Waals surface area contributed by atoms with Gasteiger partial charge in [0.1, 0.15) is 17.1 Å². The molecule has 28 heavy (non-hydrogen) atoms. The quantitative estimate of drug-likeness (QED) is 0.322. The lowest BCUT2D eigenvalue weighted by atomic mass is 9.96. The summed E-state index contributed by atoms with van der Waals surface area (Å²) in [4.78, 5) is 25.3. The molecule has 3 rings (SSSR count). The van der Waals surface area contributed by atoms with E-state index in [-0.39, 0.29) is 18.2 Å². The van der Waals surface area contributed by atoms with Crippen LogP contribution in [0.15, 0.2) is 49.8 Å². The average molecular weight is 510 g/mol. The minimum atomic E-state index is -0.461. The number of esters is 1. The summed E-state index contributed by atoms with van der Waals surface area (Å²) in [6.45, 7) is 1.74. The van der Waals surface area contributed by atoms with Crippen molar-refractivity contribution in [3.8, 4) is 5.75 Å². The number of ether oxygens (including phenoxy) is 2. The summed E-state index contributed by atoms with van der Waals surface area (Å²) < 4.78 is 17.6. The summed E-state index contributed by atoms with van der Waals surface area (Å²) in [6, 6.07) is 10.7. The standard InChI is InChI=1S/C21H18Br2O5/c1-11(21(25)27-3)9-14-17(19(24)12-7-5-4-6-8-12)16-15(28-14)10-13(22)20(26-2)18(16)23/h4-8,10-11H,9H2,1-3H3. The van der Waals surface area contributed by atoms with Crippen molar-refractivity contribution in [2.45, 2.75) is 13.3 Å². The molecule has 146 valence electrons. The van der Waals surface area contributed by atoms with E-state index in [1.54, 1.807) is 44.4 Å². The van der Waals surface area contributed by atoms with Gasteiger partial charge in [-0.15, -0.1) is 0 Å². The van der Waals surface area contributed by atoms with Crippen LogP contribution in [0.5, 0.6) is 5.75 Å². The molecule has 0 spiro atoms. The van der Waals surface area contributed by atoms with E-state index in [0.29, 0.717) is 42.6 Å². The smallest absolute Gasteiger partial charge is 0.308 e. The Bertz CT molecular complexity index is 1040. The van der Waals surface area contributed by atoms with Gasteiger partial charge in [-0.2, -0.15) is 0 Å². The zero-order valence-corrected chi connectivity index (χ0v) is 18.7. The number of hydrogen-bond acceptors (Lipinski definition) is 5. The van der Waals surface area contributed by atoms with Crippen LogP contribution < -0.4 is 4.74 Å². The summed E-state index contributed by atoms with van der Waals surface area (Å²) >= 11 is 7.00. The van der Waals surface area contributed by atoms with E-state index in [9.17, 15) is 9.59 Å². The summed E-state index contributed by atoms with van der Waals surface area (Å²) in [5.41, 5.74) is 1.46. The fourth-order valence-corrected chi connectivity index (χ4v) is 4.69. The Morgan fingerprint density at radius 1 is 1.14 bits per heavy atom. The summed E-state index contributed by atoms with van der Waals surface area (Å²) in [6.07, 6.45) is 0.238. The van der Waals surface area contributed by atoms with Crippen LogP contribution in [0.3, 0.4) is 0 Å². The second kappa shape index (κ2) is 8.49. The summed E-state index contributed by atoms with van der Waals surface area (Å²) in [7, 11) is 2.89. The minimum absolute atomic E-state index is 0.184. The topological polar surface area (TPSA) is 65.7 Å². The van der Waals surface area contributed by atoms with Gasteiger partial charge in [0.05, 0.1) is 34.6 Å². The van der Waals surface area contributed by atoms with Crippen LogP contribution in [0, 0.1) is 5.92 Å². The highest BCUT2D eigenvalue weighted by molar-refractivity contribution is 9.11. The van der Waals surface area contributed by atoms with Gasteiger partial charge in [-0.3, -0.25) is 9.59 Å². The van der Waals surface area contributed by atoms with Crippen molar-refractivity contribution < 1.29 is 23.5 Å². The third kappa shape index (κ3) is 3.73. The van der Waals surface area contributed by atoms with E-state index in [1.165, 1.54) is 7.11 Å². The predicted molar refractivity (Wildman–Crippen MR) is 113 cm³/mol. The number of carbonyl (C=O) groups is 2. The molecule has 1 atom stereocenters. The second-order valence-electron chi connectivity index (χ2n) is 6.30. The monoisotopic (exact) mass is 508 g/mol. The largest absolute Gasteiger partial charge is 0.494 e. The lowest BCUT2D eigenvalue weighted by Gasteiger charge is -2.09. The Hall–Kier alpha value is -2.12. The van der Waals surface area contributed by atoms with Crippen molar-refractivity contribution in [3.63, 3.8) is 0 Å². The second-order valence-corrected chi connectivity index (χ2v) is 7.95. The fraction of sp³-hybridized carbons (Fsp3) is 0.238. The number of hydrogen-bond donors (Lipinski definition) is 0. The number of fused-ring (bicyclic) bond motifs is 1. The van der Waals surface area contributed by atoms with Crippen LogP contribution in [0.25, 0.3) is 11.0 Å². The van der Waals surface area contributed by atoms with E-state index < -0.39 is 5.92 Å². The lowest BCUT2D eigenvalue weighted by Crippen LogP contribution is -2.16. The number of methoxy groups -OCH3 is 2. The maximum Gasteiger partial charge on any atom is 0.308 e. The first-order chi connectivity index (χ1) is 13.4. The number of carbonyl (C=O) groups excluding carboxylic acids is 2. The van der Waals surface area contributed by atoms with Crippen LogP contribution in [-0.2, 0) is 16.0 Å². The molecule has 7 heteroatoms. The SMILES string of the molecule is COC(=O)C(C)Cc1oc2cc(Br)c(OC)c(Br)c2c1C(=O)c1ccccc1. The third-order valence-electron chi connectivity index (χ3n) is 4.46. The molecule has 0 bridgehead atoms. The Kier molecular flexibility index (Phi) is 6.25. The van der Waals surface area contributed by atoms with Crippen molar-refractivity contribution in [1.29, 1.82) is 0 Å². The first kappa shape index (κ1) is 20.6. The molecule has 3 aromatic rings. The van der Waals surface area contributed by atoms with Crippen molar-refractivity contribution >= 4 is 54.6 Å². The maximum absolute atomic E-state index is 13.4. The molecule has 1 aromatic heterocycles. The molecule has 0 N–H and O–H groups in total. The third-order valence-corrected chi connectivity index (χ3v) is 5.81. The van der Waals surface area contributed by atoms with Crippen LogP contribution in [0.1, 0.15) is 28.6 Å². The molecule has 2 aromatic carbocycles. The van der Waals surface area contributed by atoms with E-state index in [1.807, 2.05) is 6.07 Å². The average Bonchev–Trinajstić information content (AvgIpc) is 3.05. The van der Waals surface area contributed by atoms with E-state index in [0.717, 1.165) is 0 Å². The van der Waals surface area contributed by atoms with Crippen molar-refractivity contribution in [3.05, 3.63) is 62.2 Å². The highest BCUT2D eigenvalue weighted by Crippen LogP contribution is 2.44. The van der Waals surface area contributed by atoms with Crippen LogP contribution >= 0.6 is 31.9 Å². The molecule has 0 aliphatic heterocycles. The van der Waals surface area contributed by atoms with Crippen LogP contribution in [-0.4, -0.2) is 26.0 Å². The Balaban J connectivity index is 2.25. The van der Waals surface area contributed by atoms with E-state index in [4.69, 9.17) is 13.9 Å². The number of benzene rings is 2. The summed E-state index contributed by atoms with van der Waals surface area (Å²) in [5, 5.41) is 0.612. The van der Waals surface area contributed by atoms with E-state index in [2.05, 4.69) is 31.9 Å². The van der Waals surface area contributed by atoms with Gasteiger partial charge in [0.15, 0.2) is 5.78 Å². The maximum atomic E-state index is 13.4. The van der Waals surface area contributed by atoms with Crippen molar-refractivity contribution in [1.82, 2.24) is 0 Å². The molecule has 0 fully saturated rings. The number of furan rings is 1. The molecule has 0 aliphatic carbocycles. The van der Waals surface area contributed by atoms with Gasteiger partial charge >= 0.3 is 5.97 Å². The molecular weight excluding hydrogens is 492 g/mol. The summed E-state index contributed by atoms with van der Waals surface area (Å²) in [5.74, 6) is -0.0181. The van der Waals surface area contributed by atoms with Crippen LogP contribution in [0.2, 0.25) is 0 Å². The van der Waals surface area contributed by atoms with Crippen molar-refractivity contribution in [2.75, 3.05) is 14.2 Å². The number of halogens is 2. The normalized spacial score (nSPS) is 12.0. The van der Waals surface area contributed by atoms with E-state index >= 15 is 0 Å². The Morgan fingerprint density at radius 3 is 2.43 bits per heavy atom. The number of rotatable bonds is 6. The molecular formula is C21H18Br2O5. The van der Waals surface area contributed by atoms with Gasteiger partial charge in [0, 0.05) is 17.4 Å². The molecule has 0 aliphatic rings. The molecule has 1 unspecified atom stereocenters. The lowest BCUT2D eigenvalue weighted by molar-refractivity contribution is -0.144. The number of ketones is 1. The Labute approximate surface area is 179 Å². The molecule has 0 saturated carbocycles. The van der Waals surface area contributed by atoms with Gasteiger partial charge in [0.2, 0.25) is 0 Å². The molecule has 1 heterocycles. The van der Waals surface area contributed by atoms with Crippen LogP contribution in [0.4, 0.5) is 0 Å². The highest BCUT2D eigenvalue weighted by atomic mass is 79.9. The molecule has 5 nitrogen and oxygen atoms in total. The fourth-order valence-electron chi connectivity index (χ4n) is 3.08. The first-order valence-corrected chi connectivity index (χ1v) is 10.1. The van der Waals surface area contributed by atoms with Gasteiger partial charge in [-0.05, 0) is 37.9 Å².